The van der Waals surface area contributed by atoms with Crippen LogP contribution in [0.2, 0.25) is 0 Å². The minimum atomic E-state index is -3.96. The van der Waals surface area contributed by atoms with Gasteiger partial charge in [-0.15, -0.1) is 0 Å². The van der Waals surface area contributed by atoms with E-state index in [0.29, 0.717) is 47.9 Å². The number of fused-ring (bicyclic) bond motifs is 3. The van der Waals surface area contributed by atoms with Crippen LogP contribution in [0.1, 0.15) is 50.6 Å². The first-order chi connectivity index (χ1) is 17.2. The summed E-state index contributed by atoms with van der Waals surface area (Å²) in [6.45, 7) is 3.84. The summed E-state index contributed by atoms with van der Waals surface area (Å²) in [4.78, 5) is 12.4. The molecule has 2 aliphatic carbocycles. The molecule has 2 saturated carbocycles. The van der Waals surface area contributed by atoms with Crippen LogP contribution in [-0.2, 0) is 19.9 Å². The fourth-order valence-electron chi connectivity index (χ4n) is 5.69. The Bertz CT molecular complexity index is 1690. The number of aromatic amines is 1. The van der Waals surface area contributed by atoms with Crippen molar-refractivity contribution < 1.29 is 16.8 Å². The minimum absolute atomic E-state index is 0.0172. The number of pyridine rings is 1. The number of hydrogen-bond acceptors (Lipinski definition) is 6. The molecule has 0 unspecified atom stereocenters. The van der Waals surface area contributed by atoms with Gasteiger partial charge in [0.25, 0.3) is 0 Å². The lowest BCUT2D eigenvalue weighted by Gasteiger charge is -2.23. The van der Waals surface area contributed by atoms with E-state index < -0.39 is 19.9 Å². The topological polar surface area (TPSA) is 127 Å². The van der Waals surface area contributed by atoms with Crippen molar-refractivity contribution in [2.45, 2.75) is 73.3 Å². The number of H-pyrrole nitrogens is 1. The molecule has 9 nitrogen and oxygen atoms in total. The number of imidazole rings is 1. The molecule has 0 radical (unpaired) electrons. The molecule has 2 N–H and O–H groups in total. The van der Waals surface area contributed by atoms with Gasteiger partial charge in [-0.3, -0.25) is 0 Å². The van der Waals surface area contributed by atoms with Gasteiger partial charge < -0.3 is 9.55 Å². The molecule has 1 aromatic carbocycles. The highest BCUT2D eigenvalue weighted by Crippen LogP contribution is 2.44. The molecule has 2 aliphatic rings. The van der Waals surface area contributed by atoms with Crippen LogP contribution in [0.5, 0.6) is 0 Å². The normalized spacial score (nSPS) is 23.1. The Kier molecular flexibility index (Phi) is 5.51. The second-order valence-electron chi connectivity index (χ2n) is 10.0. The van der Waals surface area contributed by atoms with Gasteiger partial charge in [0.05, 0.1) is 21.9 Å². The number of rotatable bonds is 7. The quantitative estimate of drug-likeness (QED) is 0.376. The maximum atomic E-state index is 14.1. The lowest BCUT2D eigenvalue weighted by atomic mass is 10.0. The number of sulfone groups is 1. The summed E-state index contributed by atoms with van der Waals surface area (Å²) < 4.78 is 58.3. The molecule has 36 heavy (non-hydrogen) atoms. The number of benzene rings is 1. The van der Waals surface area contributed by atoms with Crippen molar-refractivity contribution in [3.8, 4) is 0 Å². The first-order valence-corrected chi connectivity index (χ1v) is 15.4. The van der Waals surface area contributed by atoms with E-state index in [1.807, 2.05) is 16.7 Å². The number of nitrogens with zero attached hydrogens (tertiary/aromatic N) is 3. The van der Waals surface area contributed by atoms with E-state index in [9.17, 15) is 16.8 Å². The third-order valence-corrected chi connectivity index (χ3v) is 11.4. The number of aromatic nitrogens is 4. The van der Waals surface area contributed by atoms with Crippen molar-refractivity contribution >= 4 is 41.9 Å². The molecule has 11 heteroatoms. The van der Waals surface area contributed by atoms with Crippen molar-refractivity contribution in [2.75, 3.05) is 0 Å². The van der Waals surface area contributed by atoms with Crippen molar-refractivity contribution in [2.24, 2.45) is 5.92 Å². The van der Waals surface area contributed by atoms with Gasteiger partial charge in [0.1, 0.15) is 11.2 Å². The smallest absolute Gasteiger partial charge is 0.240 e. The van der Waals surface area contributed by atoms with Gasteiger partial charge in [-0.1, -0.05) is 31.5 Å². The molecule has 0 spiro atoms. The van der Waals surface area contributed by atoms with E-state index in [1.165, 1.54) is 0 Å². The van der Waals surface area contributed by atoms with E-state index in [2.05, 4.69) is 26.6 Å². The zero-order valence-corrected chi connectivity index (χ0v) is 21.8. The van der Waals surface area contributed by atoms with Crippen molar-refractivity contribution in [3.63, 3.8) is 0 Å². The molecule has 2 fully saturated rings. The van der Waals surface area contributed by atoms with Crippen LogP contribution in [0.15, 0.2) is 52.8 Å². The minimum Gasteiger partial charge on any atom is -0.346 e. The average molecular weight is 528 g/mol. The van der Waals surface area contributed by atoms with Crippen LogP contribution >= 0.6 is 0 Å². The summed E-state index contributed by atoms with van der Waals surface area (Å²) in [7, 11) is -7.32. The van der Waals surface area contributed by atoms with Crippen molar-refractivity contribution in [3.05, 3.63) is 48.3 Å². The van der Waals surface area contributed by atoms with Gasteiger partial charge in [-0.05, 0) is 56.2 Å². The third kappa shape index (κ3) is 3.75. The zero-order chi connectivity index (χ0) is 25.2. The number of nitrogens with one attached hydrogen (secondary N) is 2. The molecular formula is C25H29N5O4S2. The van der Waals surface area contributed by atoms with E-state index in [0.717, 1.165) is 11.8 Å². The molecule has 6 rings (SSSR count). The molecule has 3 atom stereocenters. The second kappa shape index (κ2) is 8.39. The number of sulfonamides is 1. The Morgan fingerprint density at radius 3 is 2.61 bits per heavy atom. The molecule has 0 saturated heterocycles. The van der Waals surface area contributed by atoms with E-state index in [1.54, 1.807) is 37.5 Å². The lowest BCUT2D eigenvalue weighted by Crippen LogP contribution is -2.35. The predicted octanol–water partition coefficient (Wildman–Crippen LogP) is 3.87. The first-order valence-electron chi connectivity index (χ1n) is 12.4. The number of aryl methyl sites for hydroxylation is 1. The number of hydrogen-bond donors (Lipinski definition) is 2. The van der Waals surface area contributed by atoms with Gasteiger partial charge in [0.2, 0.25) is 25.0 Å². The van der Waals surface area contributed by atoms with Crippen LogP contribution in [0.25, 0.3) is 22.1 Å². The monoisotopic (exact) mass is 527 g/mol. The predicted molar refractivity (Wildman–Crippen MR) is 137 cm³/mol. The summed E-state index contributed by atoms with van der Waals surface area (Å²) in [6.07, 6.45) is 6.72. The SMILES string of the molecule is CC[C@@H]1C[C@H](NS(=O)(=O)C2CC2)C[C@@H]1n1c(S(=O)(=O)c2ccccc2C)nc2cnc3[nH]ccc3c21. The van der Waals surface area contributed by atoms with Gasteiger partial charge in [-0.25, -0.2) is 31.5 Å². The molecule has 3 heterocycles. The van der Waals surface area contributed by atoms with E-state index >= 15 is 0 Å². The van der Waals surface area contributed by atoms with Gasteiger partial charge in [-0.2, -0.15) is 0 Å². The lowest BCUT2D eigenvalue weighted by molar-refractivity contribution is 0.356. The summed E-state index contributed by atoms with van der Waals surface area (Å²) in [5, 5.41) is 0.479. The molecule has 0 amide bonds. The first kappa shape index (κ1) is 23.6. The molecule has 3 aromatic heterocycles. The summed E-state index contributed by atoms with van der Waals surface area (Å²) in [5.74, 6) is 0.0854. The zero-order valence-electron chi connectivity index (χ0n) is 20.2. The Labute approximate surface area is 210 Å². The third-order valence-electron chi connectivity index (χ3n) is 7.63. The van der Waals surface area contributed by atoms with E-state index in [4.69, 9.17) is 0 Å². The standard InChI is InChI=1S/C25H29N5O4S2/c1-3-16-12-17(29-36(33,34)18-8-9-18)13-21(16)30-23-19-10-11-26-24(19)27-14-20(23)28-25(30)35(31,32)22-7-5-4-6-15(22)2/h4-7,10-11,14,16-18,21,29H,3,8-9,12-13H2,1-2H3,(H,26,27)/t16-,17+,21+/m1/s1. The van der Waals surface area contributed by atoms with Crippen LogP contribution in [-0.4, -0.2) is 47.6 Å². The molecule has 0 bridgehead atoms. The van der Waals surface area contributed by atoms with Crippen LogP contribution in [0.3, 0.4) is 0 Å². The van der Waals surface area contributed by atoms with Crippen LogP contribution in [0.4, 0.5) is 0 Å². The largest absolute Gasteiger partial charge is 0.346 e. The average Bonchev–Trinajstić information content (AvgIpc) is 3.30. The van der Waals surface area contributed by atoms with Gasteiger partial charge >= 0.3 is 0 Å². The van der Waals surface area contributed by atoms with Crippen molar-refractivity contribution in [1.82, 2.24) is 24.2 Å². The fraction of sp³-hybridized carbons (Fsp3) is 0.440. The molecule has 0 aliphatic heterocycles. The fourth-order valence-corrected chi connectivity index (χ4v) is 8.94. The Balaban J connectivity index is 1.54. The van der Waals surface area contributed by atoms with Gasteiger partial charge in [0.15, 0.2) is 0 Å². The summed E-state index contributed by atoms with van der Waals surface area (Å²) in [6, 6.07) is 8.31. The molecule has 190 valence electrons. The van der Waals surface area contributed by atoms with Gasteiger partial charge in [0, 0.05) is 23.7 Å². The Morgan fingerprint density at radius 2 is 1.89 bits per heavy atom. The summed E-state index contributed by atoms with van der Waals surface area (Å²) >= 11 is 0. The summed E-state index contributed by atoms with van der Waals surface area (Å²) in [5.41, 5.74) is 2.52. The molecular weight excluding hydrogens is 498 g/mol. The van der Waals surface area contributed by atoms with E-state index in [-0.39, 0.29) is 33.3 Å². The van der Waals surface area contributed by atoms with Crippen molar-refractivity contribution in [1.29, 1.82) is 0 Å². The highest BCUT2D eigenvalue weighted by atomic mass is 32.2. The highest BCUT2D eigenvalue weighted by molar-refractivity contribution is 7.91. The Hall–Kier alpha value is -2.76. The van der Waals surface area contributed by atoms with Crippen LogP contribution in [0, 0.1) is 12.8 Å². The second-order valence-corrected chi connectivity index (χ2v) is 13.8. The maximum absolute atomic E-state index is 14.1. The van der Waals surface area contributed by atoms with Crippen LogP contribution < -0.4 is 4.72 Å². The maximum Gasteiger partial charge on any atom is 0.240 e. The Morgan fingerprint density at radius 1 is 1.11 bits per heavy atom. The highest BCUT2D eigenvalue weighted by Gasteiger charge is 2.43. The molecule has 4 aromatic rings.